The van der Waals surface area contributed by atoms with Gasteiger partial charge in [-0.1, -0.05) is 42.5 Å². The fourth-order valence-electron chi connectivity index (χ4n) is 3.56. The molecule has 9 heteroatoms. The molecule has 2 aromatic carbocycles. The number of aromatic nitrogens is 2. The quantitative estimate of drug-likeness (QED) is 0.400. The minimum absolute atomic E-state index is 0.0274. The molecule has 0 aliphatic carbocycles. The van der Waals surface area contributed by atoms with Crippen molar-refractivity contribution in [2.24, 2.45) is 0 Å². The number of benzene rings is 2. The van der Waals surface area contributed by atoms with Crippen molar-refractivity contribution in [3.63, 3.8) is 0 Å². The Labute approximate surface area is 200 Å². The summed E-state index contributed by atoms with van der Waals surface area (Å²) in [6.45, 7) is 0.737. The van der Waals surface area contributed by atoms with Gasteiger partial charge in [-0.05, 0) is 23.3 Å². The number of carbonyl (C=O) groups excluding carboxylic acids is 1. The Morgan fingerprint density at radius 2 is 1.74 bits per heavy atom. The number of hydrogen-bond donors (Lipinski definition) is 1. The first-order valence-electron chi connectivity index (χ1n) is 10.9. The van der Waals surface area contributed by atoms with E-state index < -0.39 is 16.9 Å². The Morgan fingerprint density at radius 1 is 1.00 bits per heavy atom. The third kappa shape index (κ3) is 5.47. The third-order valence-electron chi connectivity index (χ3n) is 5.44. The molecule has 0 saturated heterocycles. The molecule has 180 valence electrons. The lowest BCUT2D eigenvalue weighted by atomic mass is 10.2. The molecule has 0 aliphatic rings. The number of hydrogen-bond acceptors (Lipinski definition) is 5. The zero-order valence-electron chi connectivity index (χ0n) is 19.1. The van der Waals surface area contributed by atoms with Gasteiger partial charge in [0.2, 0.25) is 5.43 Å². The molecule has 0 radical (unpaired) electrons. The monoisotopic (exact) mass is 477 g/mol. The second kappa shape index (κ2) is 10.8. The lowest BCUT2D eigenvalue weighted by molar-refractivity contribution is 0.0948. The van der Waals surface area contributed by atoms with Crippen molar-refractivity contribution in [2.45, 2.75) is 19.7 Å². The van der Waals surface area contributed by atoms with Crippen LogP contribution < -0.4 is 21.0 Å². The van der Waals surface area contributed by atoms with E-state index in [0.29, 0.717) is 12.2 Å². The standard InChI is InChI=1S/C26H24FN3O5/c1-34-14-13-29-11-12-30-16-21(25(32)28-15-18-7-9-20(27)10-8-18)23(31)24(22(30)26(29)33)35-17-19-5-3-2-4-6-19/h2-12,16H,13-15,17H2,1H3,(H,28,32). The number of nitrogens with one attached hydrogen (secondary N) is 1. The van der Waals surface area contributed by atoms with Gasteiger partial charge in [-0.2, -0.15) is 0 Å². The average Bonchev–Trinajstić information content (AvgIpc) is 2.87. The highest BCUT2D eigenvalue weighted by molar-refractivity contribution is 5.94. The highest BCUT2D eigenvalue weighted by atomic mass is 19.1. The van der Waals surface area contributed by atoms with Crippen molar-refractivity contribution in [3.8, 4) is 5.75 Å². The van der Waals surface area contributed by atoms with E-state index in [0.717, 1.165) is 5.56 Å². The van der Waals surface area contributed by atoms with Crippen molar-refractivity contribution < 1.29 is 18.7 Å². The van der Waals surface area contributed by atoms with Gasteiger partial charge in [0.1, 0.15) is 18.0 Å². The van der Waals surface area contributed by atoms with Crippen LogP contribution in [0.15, 0.2) is 82.8 Å². The normalized spacial score (nSPS) is 10.9. The van der Waals surface area contributed by atoms with Crippen molar-refractivity contribution >= 4 is 11.4 Å². The topological polar surface area (TPSA) is 91.0 Å². The van der Waals surface area contributed by atoms with Crippen LogP contribution in [0.4, 0.5) is 4.39 Å². The highest BCUT2D eigenvalue weighted by Crippen LogP contribution is 2.16. The van der Waals surface area contributed by atoms with E-state index in [1.54, 1.807) is 24.5 Å². The van der Waals surface area contributed by atoms with E-state index in [1.165, 1.54) is 34.4 Å². The van der Waals surface area contributed by atoms with E-state index in [9.17, 15) is 18.8 Å². The Hall–Kier alpha value is -4.24. The van der Waals surface area contributed by atoms with Crippen molar-refractivity contribution in [3.05, 3.63) is 116 Å². The first-order chi connectivity index (χ1) is 17.0. The van der Waals surface area contributed by atoms with Gasteiger partial charge >= 0.3 is 0 Å². The van der Waals surface area contributed by atoms with Gasteiger partial charge < -0.3 is 23.8 Å². The van der Waals surface area contributed by atoms with E-state index in [2.05, 4.69) is 5.32 Å². The number of amides is 1. The van der Waals surface area contributed by atoms with Gasteiger partial charge in [-0.25, -0.2) is 4.39 Å². The minimum Gasteiger partial charge on any atom is -0.483 e. The third-order valence-corrected chi connectivity index (χ3v) is 5.44. The predicted molar refractivity (Wildman–Crippen MR) is 128 cm³/mol. The molecule has 4 rings (SSSR count). The van der Waals surface area contributed by atoms with Crippen LogP contribution in [0, 0.1) is 5.82 Å². The molecule has 0 atom stereocenters. The lowest BCUT2D eigenvalue weighted by Gasteiger charge is -2.14. The Kier molecular flexibility index (Phi) is 7.37. The molecule has 0 bridgehead atoms. The lowest BCUT2D eigenvalue weighted by Crippen LogP contribution is -2.32. The molecule has 4 aromatic rings. The molecule has 2 aromatic heterocycles. The molecule has 35 heavy (non-hydrogen) atoms. The fourth-order valence-corrected chi connectivity index (χ4v) is 3.56. The number of carbonyl (C=O) groups is 1. The molecule has 1 amide bonds. The summed E-state index contributed by atoms with van der Waals surface area (Å²) in [7, 11) is 1.53. The number of pyridine rings is 1. The van der Waals surface area contributed by atoms with Crippen LogP contribution in [0.3, 0.4) is 0 Å². The van der Waals surface area contributed by atoms with Crippen LogP contribution in [0.25, 0.3) is 5.52 Å². The average molecular weight is 477 g/mol. The molecule has 8 nitrogen and oxygen atoms in total. The van der Waals surface area contributed by atoms with Crippen LogP contribution in [0.2, 0.25) is 0 Å². The first kappa shape index (κ1) is 23.9. The van der Waals surface area contributed by atoms with Crippen LogP contribution in [-0.4, -0.2) is 28.6 Å². The summed E-state index contributed by atoms with van der Waals surface area (Å²) in [6.07, 6.45) is 4.45. The summed E-state index contributed by atoms with van der Waals surface area (Å²) in [4.78, 5) is 39.4. The molecule has 1 N–H and O–H groups in total. The van der Waals surface area contributed by atoms with Crippen molar-refractivity contribution in [1.29, 1.82) is 0 Å². The van der Waals surface area contributed by atoms with E-state index in [4.69, 9.17) is 9.47 Å². The van der Waals surface area contributed by atoms with E-state index in [1.807, 2.05) is 30.3 Å². The molecule has 0 unspecified atom stereocenters. The number of halogens is 1. The number of ether oxygens (including phenoxy) is 2. The van der Waals surface area contributed by atoms with Crippen LogP contribution >= 0.6 is 0 Å². The number of rotatable bonds is 9. The SMILES string of the molecule is COCCn1ccn2cc(C(=O)NCc3ccc(F)cc3)c(=O)c(OCc3ccccc3)c2c1=O. The summed E-state index contributed by atoms with van der Waals surface area (Å²) in [5.74, 6) is -1.23. The van der Waals surface area contributed by atoms with Gasteiger partial charge in [0, 0.05) is 38.8 Å². The summed E-state index contributed by atoms with van der Waals surface area (Å²) in [5.41, 5.74) is 0.178. The minimum atomic E-state index is -0.695. The molecule has 0 fully saturated rings. The van der Waals surface area contributed by atoms with Crippen molar-refractivity contribution in [1.82, 2.24) is 14.3 Å². The van der Waals surface area contributed by atoms with Gasteiger partial charge in [0.15, 0.2) is 11.3 Å². The molecule has 0 saturated carbocycles. The van der Waals surface area contributed by atoms with Crippen LogP contribution in [-0.2, 0) is 24.4 Å². The Bertz CT molecular complexity index is 1450. The highest BCUT2D eigenvalue weighted by Gasteiger charge is 2.21. The zero-order chi connectivity index (χ0) is 24.8. The smallest absolute Gasteiger partial charge is 0.278 e. The summed E-state index contributed by atoms with van der Waals surface area (Å²) in [6, 6.07) is 14.8. The summed E-state index contributed by atoms with van der Waals surface area (Å²) in [5, 5.41) is 2.67. The van der Waals surface area contributed by atoms with Gasteiger partial charge in [0.05, 0.1) is 6.61 Å². The number of nitrogens with zero attached hydrogens (tertiary/aromatic N) is 2. The first-order valence-corrected chi connectivity index (χ1v) is 10.9. The molecule has 0 aliphatic heterocycles. The zero-order valence-corrected chi connectivity index (χ0v) is 19.1. The Balaban J connectivity index is 1.72. The van der Waals surface area contributed by atoms with Gasteiger partial charge in [-0.15, -0.1) is 0 Å². The number of methoxy groups -OCH3 is 1. The largest absolute Gasteiger partial charge is 0.483 e. The second-order valence-electron chi connectivity index (χ2n) is 7.83. The van der Waals surface area contributed by atoms with Crippen LogP contribution in [0.1, 0.15) is 21.5 Å². The van der Waals surface area contributed by atoms with Gasteiger partial charge in [-0.3, -0.25) is 14.4 Å². The maximum absolute atomic E-state index is 13.4. The molecular formula is C26H24FN3O5. The van der Waals surface area contributed by atoms with Gasteiger partial charge in [0.25, 0.3) is 11.5 Å². The molecular weight excluding hydrogens is 453 g/mol. The maximum atomic E-state index is 13.4. The number of fused-ring (bicyclic) bond motifs is 1. The molecule has 2 heterocycles. The van der Waals surface area contributed by atoms with E-state index in [-0.39, 0.29) is 42.3 Å². The van der Waals surface area contributed by atoms with Crippen molar-refractivity contribution in [2.75, 3.05) is 13.7 Å². The second-order valence-corrected chi connectivity index (χ2v) is 7.83. The summed E-state index contributed by atoms with van der Waals surface area (Å²) < 4.78 is 26.9. The Morgan fingerprint density at radius 3 is 2.46 bits per heavy atom. The summed E-state index contributed by atoms with van der Waals surface area (Å²) >= 11 is 0. The predicted octanol–water partition coefficient (Wildman–Crippen LogP) is 2.76. The maximum Gasteiger partial charge on any atom is 0.278 e. The molecule has 0 spiro atoms. The fraction of sp³-hybridized carbons (Fsp3) is 0.192. The van der Waals surface area contributed by atoms with E-state index >= 15 is 0 Å². The van der Waals surface area contributed by atoms with Crippen LogP contribution in [0.5, 0.6) is 5.75 Å².